The van der Waals surface area contributed by atoms with Crippen molar-refractivity contribution in [2.24, 2.45) is 7.05 Å². The topological polar surface area (TPSA) is 59.4 Å². The third-order valence-corrected chi connectivity index (χ3v) is 3.68. The van der Waals surface area contributed by atoms with Gasteiger partial charge < -0.3 is 19.5 Å². The van der Waals surface area contributed by atoms with Crippen LogP contribution in [0.5, 0.6) is 0 Å². The van der Waals surface area contributed by atoms with Crippen LogP contribution in [-0.2, 0) is 24.9 Å². The first-order valence-corrected chi connectivity index (χ1v) is 7.36. The first-order chi connectivity index (χ1) is 10.7. The molecule has 6 nitrogen and oxygen atoms in total. The van der Waals surface area contributed by atoms with E-state index in [0.29, 0.717) is 25.7 Å². The Bertz CT molecular complexity index is 620. The van der Waals surface area contributed by atoms with Crippen molar-refractivity contribution in [2.45, 2.75) is 19.2 Å². The number of benzene rings is 1. The van der Waals surface area contributed by atoms with E-state index in [0.717, 1.165) is 17.8 Å². The predicted molar refractivity (Wildman–Crippen MR) is 82.0 cm³/mol. The summed E-state index contributed by atoms with van der Waals surface area (Å²) in [5.41, 5.74) is 2.01. The summed E-state index contributed by atoms with van der Waals surface area (Å²) in [6, 6.07) is 10.0. The predicted octanol–water partition coefficient (Wildman–Crippen LogP) is 1.53. The molecule has 116 valence electrons. The fourth-order valence-electron chi connectivity index (χ4n) is 2.37. The Balaban J connectivity index is 1.35. The normalized spacial score (nSPS) is 14.7. The zero-order valence-electron chi connectivity index (χ0n) is 12.6. The molecule has 1 aromatic carbocycles. The van der Waals surface area contributed by atoms with Crippen LogP contribution < -0.4 is 5.32 Å². The molecule has 1 aliphatic heterocycles. The third-order valence-electron chi connectivity index (χ3n) is 3.68. The third kappa shape index (κ3) is 3.65. The molecular weight excluding hydrogens is 280 g/mol. The molecule has 2 heterocycles. The highest BCUT2D eigenvalue weighted by atomic mass is 16.6. The molecule has 2 aromatic rings. The van der Waals surface area contributed by atoms with Gasteiger partial charge in [0, 0.05) is 38.9 Å². The number of likely N-dealkylation sites (tertiary alicyclic amines) is 1. The molecule has 1 N–H and O–H groups in total. The Morgan fingerprint density at radius 2 is 2.14 bits per heavy atom. The van der Waals surface area contributed by atoms with Gasteiger partial charge in [-0.1, -0.05) is 30.3 Å². The summed E-state index contributed by atoms with van der Waals surface area (Å²) in [6.07, 6.45) is 3.52. The minimum Gasteiger partial charge on any atom is -0.445 e. The first kappa shape index (κ1) is 14.6. The van der Waals surface area contributed by atoms with Crippen LogP contribution in [0.4, 0.5) is 4.79 Å². The number of aromatic nitrogens is 2. The van der Waals surface area contributed by atoms with Crippen molar-refractivity contribution in [3.8, 4) is 0 Å². The number of rotatable bonds is 5. The second-order valence-corrected chi connectivity index (χ2v) is 5.55. The van der Waals surface area contributed by atoms with Gasteiger partial charge in [0.05, 0.1) is 12.0 Å². The lowest BCUT2D eigenvalue weighted by molar-refractivity contribution is 0.0599. The van der Waals surface area contributed by atoms with E-state index >= 15 is 0 Å². The van der Waals surface area contributed by atoms with Crippen molar-refractivity contribution in [3.05, 3.63) is 54.1 Å². The molecule has 22 heavy (non-hydrogen) atoms. The van der Waals surface area contributed by atoms with Gasteiger partial charge in [-0.05, 0) is 5.56 Å². The van der Waals surface area contributed by atoms with Gasteiger partial charge in [0.15, 0.2) is 0 Å². The monoisotopic (exact) mass is 300 g/mol. The van der Waals surface area contributed by atoms with E-state index < -0.39 is 0 Å². The molecule has 1 aliphatic rings. The van der Waals surface area contributed by atoms with Crippen molar-refractivity contribution in [3.63, 3.8) is 0 Å². The second-order valence-electron chi connectivity index (χ2n) is 5.55. The Morgan fingerprint density at radius 3 is 2.82 bits per heavy atom. The fourth-order valence-corrected chi connectivity index (χ4v) is 2.37. The van der Waals surface area contributed by atoms with Crippen LogP contribution in [0.15, 0.2) is 42.9 Å². The molecule has 1 aromatic heterocycles. The number of amides is 1. The molecule has 3 rings (SSSR count). The summed E-state index contributed by atoms with van der Waals surface area (Å²) in [4.78, 5) is 17.8. The van der Waals surface area contributed by atoms with E-state index in [4.69, 9.17) is 4.74 Å². The van der Waals surface area contributed by atoms with Crippen LogP contribution in [0.3, 0.4) is 0 Å². The molecule has 0 unspecified atom stereocenters. The van der Waals surface area contributed by atoms with Gasteiger partial charge in [-0.3, -0.25) is 0 Å². The zero-order chi connectivity index (χ0) is 15.4. The van der Waals surface area contributed by atoms with E-state index in [2.05, 4.69) is 10.3 Å². The Labute approximate surface area is 129 Å². The summed E-state index contributed by atoms with van der Waals surface area (Å²) < 4.78 is 7.21. The van der Waals surface area contributed by atoms with Crippen LogP contribution in [-0.4, -0.2) is 39.7 Å². The van der Waals surface area contributed by atoms with Crippen molar-refractivity contribution < 1.29 is 9.53 Å². The quantitative estimate of drug-likeness (QED) is 0.910. The van der Waals surface area contributed by atoms with Crippen molar-refractivity contribution in [2.75, 3.05) is 13.1 Å². The maximum absolute atomic E-state index is 11.9. The van der Waals surface area contributed by atoms with Crippen LogP contribution in [0, 0.1) is 0 Å². The van der Waals surface area contributed by atoms with Crippen LogP contribution in [0.25, 0.3) is 0 Å². The number of nitrogens with zero attached hydrogens (tertiary/aromatic N) is 3. The van der Waals surface area contributed by atoms with E-state index in [1.165, 1.54) is 0 Å². The maximum atomic E-state index is 11.9. The number of imidazole rings is 1. The molecule has 0 saturated carbocycles. The summed E-state index contributed by atoms with van der Waals surface area (Å²) >= 11 is 0. The summed E-state index contributed by atoms with van der Waals surface area (Å²) in [6.45, 7) is 2.40. The minimum absolute atomic E-state index is 0.250. The Kier molecular flexibility index (Phi) is 4.39. The fraction of sp³-hybridized carbons (Fsp3) is 0.375. The average molecular weight is 300 g/mol. The average Bonchev–Trinajstić information content (AvgIpc) is 2.90. The molecule has 0 bridgehead atoms. The lowest BCUT2D eigenvalue weighted by atomic mass is 10.1. The van der Waals surface area contributed by atoms with Gasteiger partial charge in [0.25, 0.3) is 0 Å². The number of aryl methyl sites for hydroxylation is 1. The largest absolute Gasteiger partial charge is 0.445 e. The van der Waals surface area contributed by atoms with Crippen molar-refractivity contribution in [1.29, 1.82) is 0 Å². The van der Waals surface area contributed by atoms with E-state index in [9.17, 15) is 4.79 Å². The molecule has 1 amide bonds. The number of nitrogens with one attached hydrogen (secondary N) is 1. The van der Waals surface area contributed by atoms with Gasteiger partial charge in [-0.25, -0.2) is 9.78 Å². The lowest BCUT2D eigenvalue weighted by Crippen LogP contribution is -2.59. The molecule has 6 heteroatoms. The van der Waals surface area contributed by atoms with Gasteiger partial charge in [0.1, 0.15) is 6.61 Å². The summed E-state index contributed by atoms with van der Waals surface area (Å²) in [5.74, 6) is 0. The molecule has 1 fully saturated rings. The molecule has 0 spiro atoms. The van der Waals surface area contributed by atoms with E-state index in [1.807, 2.05) is 48.1 Å². The number of hydrogen-bond donors (Lipinski definition) is 1. The van der Waals surface area contributed by atoms with E-state index in [-0.39, 0.29) is 6.09 Å². The summed E-state index contributed by atoms with van der Waals surface area (Å²) in [7, 11) is 1.95. The number of carbonyl (C=O) groups excluding carboxylic acids is 1. The van der Waals surface area contributed by atoms with Crippen LogP contribution >= 0.6 is 0 Å². The van der Waals surface area contributed by atoms with Crippen LogP contribution in [0.1, 0.15) is 11.3 Å². The number of carbonyl (C=O) groups is 1. The molecular formula is C16H20N4O2. The summed E-state index contributed by atoms with van der Waals surface area (Å²) in [5, 5.41) is 3.38. The second kappa shape index (κ2) is 6.62. The Hall–Kier alpha value is -2.34. The van der Waals surface area contributed by atoms with Gasteiger partial charge in [0.2, 0.25) is 0 Å². The van der Waals surface area contributed by atoms with Gasteiger partial charge >= 0.3 is 6.09 Å². The first-order valence-electron chi connectivity index (χ1n) is 7.36. The number of hydrogen-bond acceptors (Lipinski definition) is 4. The molecule has 0 radical (unpaired) electrons. The van der Waals surface area contributed by atoms with Gasteiger partial charge in [-0.15, -0.1) is 0 Å². The highest BCUT2D eigenvalue weighted by molar-refractivity contribution is 5.68. The van der Waals surface area contributed by atoms with E-state index in [1.54, 1.807) is 11.2 Å². The maximum Gasteiger partial charge on any atom is 0.410 e. The smallest absolute Gasteiger partial charge is 0.410 e. The minimum atomic E-state index is -0.250. The van der Waals surface area contributed by atoms with Crippen molar-refractivity contribution >= 4 is 6.09 Å². The lowest BCUT2D eigenvalue weighted by Gasteiger charge is -2.38. The van der Waals surface area contributed by atoms with Crippen molar-refractivity contribution in [1.82, 2.24) is 19.8 Å². The van der Waals surface area contributed by atoms with Crippen LogP contribution in [0.2, 0.25) is 0 Å². The van der Waals surface area contributed by atoms with Gasteiger partial charge in [-0.2, -0.15) is 0 Å². The molecule has 1 saturated heterocycles. The standard InChI is InChI=1S/C16H20N4O2/c1-19-8-14(18-12-19)7-17-15-9-20(10-15)16(21)22-11-13-5-3-2-4-6-13/h2-6,8,12,15,17H,7,9-11H2,1H3. The molecule has 0 atom stereocenters. The highest BCUT2D eigenvalue weighted by Gasteiger charge is 2.31. The Morgan fingerprint density at radius 1 is 1.36 bits per heavy atom. The number of ether oxygens (including phenoxy) is 1. The molecule has 0 aliphatic carbocycles. The zero-order valence-corrected chi connectivity index (χ0v) is 12.6. The SMILES string of the molecule is Cn1cnc(CNC2CN(C(=O)OCc3ccccc3)C2)c1. The highest BCUT2D eigenvalue weighted by Crippen LogP contribution is 2.11.